The fourth-order valence-corrected chi connectivity index (χ4v) is 2.87. The van der Waals surface area contributed by atoms with Crippen LogP contribution < -0.4 is 4.90 Å². The van der Waals surface area contributed by atoms with Gasteiger partial charge in [-0.1, -0.05) is 0 Å². The molecule has 1 aromatic heterocycles. The SMILES string of the molecule is CS(=O)(=O)N1CCN(c2ncccc2C(=O)O)CC1. The Labute approximate surface area is 111 Å². The van der Waals surface area contributed by atoms with Crippen LogP contribution in [0.1, 0.15) is 10.4 Å². The molecule has 19 heavy (non-hydrogen) atoms. The predicted molar refractivity (Wildman–Crippen MR) is 69.8 cm³/mol. The summed E-state index contributed by atoms with van der Waals surface area (Å²) in [5.41, 5.74) is 0.135. The minimum atomic E-state index is -3.19. The Morgan fingerprint density at radius 1 is 1.32 bits per heavy atom. The average molecular weight is 285 g/mol. The maximum atomic E-state index is 11.4. The van der Waals surface area contributed by atoms with E-state index in [1.807, 2.05) is 0 Å². The maximum Gasteiger partial charge on any atom is 0.339 e. The number of aromatic carboxylic acids is 1. The molecule has 2 heterocycles. The molecule has 1 N–H and O–H groups in total. The average Bonchev–Trinajstić information content (AvgIpc) is 2.38. The maximum absolute atomic E-state index is 11.4. The number of anilines is 1. The van der Waals surface area contributed by atoms with Gasteiger partial charge in [0.1, 0.15) is 11.4 Å². The Balaban J connectivity index is 2.16. The van der Waals surface area contributed by atoms with Gasteiger partial charge in [-0.2, -0.15) is 4.31 Å². The monoisotopic (exact) mass is 285 g/mol. The van der Waals surface area contributed by atoms with Gasteiger partial charge in [-0.3, -0.25) is 0 Å². The highest BCUT2D eigenvalue weighted by atomic mass is 32.2. The van der Waals surface area contributed by atoms with Crippen molar-refractivity contribution in [3.05, 3.63) is 23.9 Å². The van der Waals surface area contributed by atoms with Crippen molar-refractivity contribution in [2.75, 3.05) is 37.3 Å². The van der Waals surface area contributed by atoms with Crippen LogP contribution in [-0.2, 0) is 10.0 Å². The Morgan fingerprint density at radius 2 is 1.95 bits per heavy atom. The van der Waals surface area contributed by atoms with Gasteiger partial charge in [0.05, 0.1) is 6.26 Å². The summed E-state index contributed by atoms with van der Waals surface area (Å²) in [6.45, 7) is 1.55. The number of pyridine rings is 1. The van der Waals surface area contributed by atoms with Gasteiger partial charge in [0.25, 0.3) is 0 Å². The lowest BCUT2D eigenvalue weighted by molar-refractivity contribution is 0.0697. The summed E-state index contributed by atoms with van der Waals surface area (Å²) in [5, 5.41) is 9.10. The number of sulfonamides is 1. The van der Waals surface area contributed by atoms with E-state index in [0.717, 1.165) is 0 Å². The van der Waals surface area contributed by atoms with Crippen molar-refractivity contribution in [1.82, 2.24) is 9.29 Å². The highest BCUT2D eigenvalue weighted by Gasteiger charge is 2.26. The van der Waals surface area contributed by atoms with Crippen molar-refractivity contribution < 1.29 is 18.3 Å². The van der Waals surface area contributed by atoms with E-state index in [1.54, 1.807) is 11.0 Å². The van der Waals surface area contributed by atoms with E-state index in [2.05, 4.69) is 4.98 Å². The van der Waals surface area contributed by atoms with Crippen molar-refractivity contribution in [3.63, 3.8) is 0 Å². The zero-order valence-electron chi connectivity index (χ0n) is 10.5. The number of rotatable bonds is 3. The summed E-state index contributed by atoms with van der Waals surface area (Å²) in [7, 11) is -3.19. The van der Waals surface area contributed by atoms with Gasteiger partial charge < -0.3 is 10.0 Å². The Morgan fingerprint density at radius 3 is 2.47 bits per heavy atom. The zero-order chi connectivity index (χ0) is 14.0. The van der Waals surface area contributed by atoms with E-state index in [-0.39, 0.29) is 5.56 Å². The molecule has 0 atom stereocenters. The molecule has 0 amide bonds. The fraction of sp³-hybridized carbons (Fsp3) is 0.455. The predicted octanol–water partition coefficient (Wildman–Crippen LogP) is -0.139. The van der Waals surface area contributed by atoms with Gasteiger partial charge in [-0.05, 0) is 12.1 Å². The van der Waals surface area contributed by atoms with E-state index in [1.165, 1.54) is 22.8 Å². The second-order valence-electron chi connectivity index (χ2n) is 4.33. The third kappa shape index (κ3) is 3.02. The standard InChI is InChI=1S/C11H15N3O4S/c1-19(17,18)14-7-5-13(6-8-14)10-9(11(15)16)3-2-4-12-10/h2-4H,5-8H2,1H3,(H,15,16). The van der Waals surface area contributed by atoms with Crippen LogP contribution in [-0.4, -0.2) is 61.2 Å². The third-order valence-corrected chi connectivity index (χ3v) is 4.33. The molecule has 0 radical (unpaired) electrons. The van der Waals surface area contributed by atoms with Gasteiger partial charge in [0, 0.05) is 32.4 Å². The topological polar surface area (TPSA) is 90.8 Å². The number of hydrogen-bond donors (Lipinski definition) is 1. The normalized spacial score (nSPS) is 17.4. The molecule has 8 heteroatoms. The minimum Gasteiger partial charge on any atom is -0.478 e. The molecule has 104 valence electrons. The van der Waals surface area contributed by atoms with Crippen molar-refractivity contribution in [2.24, 2.45) is 0 Å². The molecule has 7 nitrogen and oxygen atoms in total. The number of carboxylic acid groups (broad SMARTS) is 1. The van der Waals surface area contributed by atoms with Gasteiger partial charge in [-0.25, -0.2) is 18.2 Å². The van der Waals surface area contributed by atoms with Gasteiger partial charge >= 0.3 is 5.97 Å². The fourth-order valence-electron chi connectivity index (χ4n) is 2.05. The molecular weight excluding hydrogens is 270 g/mol. The Hall–Kier alpha value is -1.67. The number of piperazine rings is 1. The molecule has 1 aliphatic rings. The van der Waals surface area contributed by atoms with Crippen LogP contribution in [0.3, 0.4) is 0 Å². The van der Waals surface area contributed by atoms with Gasteiger partial charge in [0.2, 0.25) is 10.0 Å². The zero-order valence-corrected chi connectivity index (χ0v) is 11.3. The summed E-state index contributed by atoms with van der Waals surface area (Å²) < 4.78 is 24.2. The Kier molecular flexibility index (Phi) is 3.72. The number of carbonyl (C=O) groups is 1. The van der Waals surface area contributed by atoms with Crippen molar-refractivity contribution in [2.45, 2.75) is 0 Å². The van der Waals surface area contributed by atoms with Crippen LogP contribution in [0, 0.1) is 0 Å². The number of aromatic nitrogens is 1. The first kappa shape index (κ1) is 13.8. The number of carboxylic acids is 1. The molecule has 0 aliphatic carbocycles. The van der Waals surface area contributed by atoms with Crippen LogP contribution in [0.2, 0.25) is 0 Å². The molecule has 0 bridgehead atoms. The molecule has 0 saturated carbocycles. The minimum absolute atomic E-state index is 0.135. The lowest BCUT2D eigenvalue weighted by atomic mass is 10.2. The highest BCUT2D eigenvalue weighted by molar-refractivity contribution is 7.88. The molecule has 1 aromatic rings. The molecule has 0 spiro atoms. The van der Waals surface area contributed by atoms with E-state index in [9.17, 15) is 13.2 Å². The summed E-state index contributed by atoms with van der Waals surface area (Å²) in [5.74, 6) is -0.642. The van der Waals surface area contributed by atoms with Gasteiger partial charge in [-0.15, -0.1) is 0 Å². The second-order valence-corrected chi connectivity index (χ2v) is 6.31. The molecule has 0 unspecified atom stereocenters. The van der Waals surface area contributed by atoms with Crippen LogP contribution >= 0.6 is 0 Å². The van der Waals surface area contributed by atoms with E-state index >= 15 is 0 Å². The van der Waals surface area contributed by atoms with Crippen LogP contribution in [0.5, 0.6) is 0 Å². The quantitative estimate of drug-likeness (QED) is 0.831. The molecular formula is C11H15N3O4S. The summed E-state index contributed by atoms with van der Waals surface area (Å²) in [6, 6.07) is 3.06. The molecule has 1 aliphatic heterocycles. The van der Waals surface area contributed by atoms with E-state index in [0.29, 0.717) is 32.0 Å². The third-order valence-electron chi connectivity index (χ3n) is 3.02. The smallest absolute Gasteiger partial charge is 0.339 e. The Bertz CT molecular complexity index is 579. The van der Waals surface area contributed by atoms with E-state index < -0.39 is 16.0 Å². The largest absolute Gasteiger partial charge is 0.478 e. The highest BCUT2D eigenvalue weighted by Crippen LogP contribution is 2.19. The van der Waals surface area contributed by atoms with Crippen molar-refractivity contribution in [1.29, 1.82) is 0 Å². The van der Waals surface area contributed by atoms with Crippen LogP contribution in [0.15, 0.2) is 18.3 Å². The van der Waals surface area contributed by atoms with Crippen molar-refractivity contribution in [3.8, 4) is 0 Å². The van der Waals surface area contributed by atoms with Crippen LogP contribution in [0.25, 0.3) is 0 Å². The molecule has 2 rings (SSSR count). The summed E-state index contributed by atoms with van der Waals surface area (Å²) >= 11 is 0. The van der Waals surface area contributed by atoms with E-state index in [4.69, 9.17) is 5.11 Å². The first-order chi connectivity index (χ1) is 8.89. The van der Waals surface area contributed by atoms with Crippen LogP contribution in [0.4, 0.5) is 5.82 Å². The lowest BCUT2D eigenvalue weighted by Crippen LogP contribution is -2.49. The first-order valence-electron chi connectivity index (χ1n) is 5.78. The van der Waals surface area contributed by atoms with Crippen molar-refractivity contribution >= 4 is 21.8 Å². The number of nitrogens with zero attached hydrogens (tertiary/aromatic N) is 3. The first-order valence-corrected chi connectivity index (χ1v) is 7.63. The summed E-state index contributed by atoms with van der Waals surface area (Å²) in [6.07, 6.45) is 2.71. The second kappa shape index (κ2) is 5.14. The van der Waals surface area contributed by atoms with Gasteiger partial charge in [0.15, 0.2) is 0 Å². The summed E-state index contributed by atoms with van der Waals surface area (Å²) in [4.78, 5) is 17.0. The molecule has 1 fully saturated rings. The lowest BCUT2D eigenvalue weighted by Gasteiger charge is -2.34. The molecule has 1 saturated heterocycles. The number of hydrogen-bond acceptors (Lipinski definition) is 5. The molecule has 0 aromatic carbocycles.